The number of para-hydroxylation sites is 2. The average Bonchev–Trinajstić information content (AvgIpc) is 3.88. The van der Waals surface area contributed by atoms with Crippen LogP contribution in [0.15, 0.2) is 91.0 Å². The molecule has 7 saturated heterocycles. The van der Waals surface area contributed by atoms with Crippen LogP contribution in [0.5, 0.6) is 0 Å². The van der Waals surface area contributed by atoms with Crippen LogP contribution in [0.2, 0.25) is 0 Å². The van der Waals surface area contributed by atoms with Crippen molar-refractivity contribution in [3.8, 4) is 5.69 Å². The summed E-state index contributed by atoms with van der Waals surface area (Å²) >= 11 is 0. The summed E-state index contributed by atoms with van der Waals surface area (Å²) in [6.07, 6.45) is 1.10. The molecule has 8 aliphatic rings. The van der Waals surface area contributed by atoms with Crippen molar-refractivity contribution in [2.75, 3.05) is 0 Å². The van der Waals surface area contributed by atoms with Crippen LogP contribution in [0.1, 0.15) is 0 Å². The Morgan fingerprint density at radius 3 is 2.27 bits per heavy atom. The number of benzene rings is 4. The Balaban J connectivity index is 1.22. The Labute approximate surface area is 220 Å². The van der Waals surface area contributed by atoms with E-state index in [4.69, 9.17) is 0 Å². The third-order valence-corrected chi connectivity index (χ3v) is 26.4. The SMILES string of the molecule is [B]1B2B3[B-]P123NP12(c3cc4c5c(c3)c3ccccc3n5-c3ccccc3B4c3ccccc3)B3[B-]B1B32. The number of aromatic nitrogens is 1. The summed E-state index contributed by atoms with van der Waals surface area (Å²) in [5, 5.41) is 4.60. The molecule has 0 amide bonds. The molecule has 9 heterocycles. The van der Waals surface area contributed by atoms with Crippen molar-refractivity contribution in [2.45, 2.75) is 0 Å². The molecule has 4 aromatic carbocycles. The van der Waals surface area contributed by atoms with E-state index in [-0.39, 0.29) is 6.71 Å². The molecule has 1 aromatic heterocycles. The second-order valence-electron chi connectivity index (χ2n) is 13.0. The maximum absolute atomic E-state index is 4.68. The van der Waals surface area contributed by atoms with E-state index in [1.807, 2.05) is 0 Å². The maximum atomic E-state index is 4.68. The molecule has 161 valence electrons. The molecule has 5 aromatic rings. The van der Waals surface area contributed by atoms with Crippen LogP contribution in [0.3, 0.4) is 0 Å². The number of nitrogens with one attached hydrogen (secondary N) is 1. The van der Waals surface area contributed by atoms with Crippen molar-refractivity contribution in [3.05, 3.63) is 91.0 Å². The van der Waals surface area contributed by atoms with E-state index in [0.29, 0.717) is 0 Å². The van der Waals surface area contributed by atoms with Gasteiger partial charge in [0.2, 0.25) is 0 Å². The van der Waals surface area contributed by atoms with Crippen LogP contribution in [-0.4, -0.2) is 63.2 Å². The van der Waals surface area contributed by atoms with Gasteiger partial charge in [-0.3, -0.25) is 0 Å². The average molecular weight is 492 g/mol. The summed E-state index contributed by atoms with van der Waals surface area (Å²) in [6, 6.07) is 34.9. The van der Waals surface area contributed by atoms with E-state index in [9.17, 15) is 0 Å². The van der Waals surface area contributed by atoms with E-state index < -0.39 is 12.7 Å². The predicted octanol–water partition coefficient (Wildman–Crippen LogP) is 0.968. The van der Waals surface area contributed by atoms with Crippen LogP contribution < -0.4 is 26.6 Å². The molecule has 0 aliphatic carbocycles. The zero-order chi connectivity index (χ0) is 23.6. The molecule has 0 atom stereocenters. The van der Waals surface area contributed by atoms with Crippen LogP contribution in [0.25, 0.3) is 27.5 Å². The molecule has 13 rings (SSSR count). The quantitative estimate of drug-likeness (QED) is 0.287. The minimum absolute atomic E-state index is 0.267. The van der Waals surface area contributed by atoms with E-state index in [1.54, 1.807) is 5.30 Å². The molecule has 5 radical (unpaired) electrons. The summed E-state index contributed by atoms with van der Waals surface area (Å²) in [4.78, 5) is 4.68. The van der Waals surface area contributed by atoms with Crippen molar-refractivity contribution in [3.63, 3.8) is 0 Å². The molecule has 37 heavy (non-hydrogen) atoms. The van der Waals surface area contributed by atoms with Crippen molar-refractivity contribution in [1.82, 2.24) is 9.42 Å². The summed E-state index contributed by atoms with van der Waals surface area (Å²) in [5.74, 6) is 0. The van der Waals surface area contributed by atoms with E-state index in [0.717, 1.165) is 31.1 Å². The third kappa shape index (κ3) is 1.64. The van der Waals surface area contributed by atoms with Gasteiger partial charge in [0.05, 0.1) is 0 Å². The van der Waals surface area contributed by atoms with Crippen LogP contribution in [0, 0.1) is 0 Å². The van der Waals surface area contributed by atoms with Crippen molar-refractivity contribution in [1.29, 1.82) is 0 Å². The van der Waals surface area contributed by atoms with Gasteiger partial charge in [0.15, 0.2) is 0 Å². The Kier molecular flexibility index (Phi) is 2.67. The Bertz CT molecular complexity index is 1980. The van der Waals surface area contributed by atoms with Gasteiger partial charge in [-0.25, -0.2) is 0 Å². The molecular formula is C24H16B9N2P2-2. The first-order valence-electron chi connectivity index (χ1n) is 13.8. The predicted molar refractivity (Wildman–Crippen MR) is 175 cm³/mol. The van der Waals surface area contributed by atoms with Crippen LogP contribution in [-0.2, 0) is 0 Å². The topological polar surface area (TPSA) is 17.0 Å². The molecule has 1 N–H and O–H groups in total. The molecule has 0 saturated carbocycles. The number of rotatable bonds is 4. The fraction of sp³-hybridized carbons (Fsp3) is 0. The Hall–Kier alpha value is -1.92. The summed E-state index contributed by atoms with van der Waals surface area (Å²) in [5.41, 5.74) is 8.47. The molecule has 1 spiro atoms. The van der Waals surface area contributed by atoms with Crippen molar-refractivity contribution in [2.24, 2.45) is 0 Å². The summed E-state index contributed by atoms with van der Waals surface area (Å²) in [7, 11) is 2.70. The number of fused-ring (bicyclic) bond motifs is 6. The molecular weight excluding hydrogens is 476 g/mol. The second kappa shape index (κ2) is 5.15. The number of nitrogens with zero attached hydrogens (tertiary/aromatic N) is 1. The molecule has 2 bridgehead atoms. The molecule has 2 nitrogen and oxygen atoms in total. The molecule has 7 fully saturated rings. The van der Waals surface area contributed by atoms with E-state index in [1.165, 1.54) is 43.9 Å². The van der Waals surface area contributed by atoms with E-state index in [2.05, 4.69) is 121 Å². The summed E-state index contributed by atoms with van der Waals surface area (Å²) < 4.78 is 2.57. The third-order valence-electron chi connectivity index (χ3n) is 12.0. The molecule has 0 unspecified atom stereocenters. The number of hydrogen-bond donors (Lipinski definition) is 1. The van der Waals surface area contributed by atoms with Crippen molar-refractivity contribution >= 4 is 115 Å². The van der Waals surface area contributed by atoms with Gasteiger partial charge >= 0.3 is 221 Å². The first kappa shape index (κ1) is 19.2. The minimum atomic E-state index is -2.00. The van der Waals surface area contributed by atoms with Gasteiger partial charge in [0.1, 0.15) is 0 Å². The van der Waals surface area contributed by atoms with Gasteiger partial charge in [0.25, 0.3) is 0 Å². The van der Waals surface area contributed by atoms with Gasteiger partial charge in [-0.05, 0) is 0 Å². The second-order valence-corrected chi connectivity index (χ2v) is 23.4. The van der Waals surface area contributed by atoms with Gasteiger partial charge in [-0.15, -0.1) is 0 Å². The fourth-order valence-electron chi connectivity index (χ4n) is 9.74. The van der Waals surface area contributed by atoms with Crippen LogP contribution in [0.4, 0.5) is 0 Å². The van der Waals surface area contributed by atoms with Crippen molar-refractivity contribution < 1.29 is 0 Å². The van der Waals surface area contributed by atoms with Crippen LogP contribution >= 0.6 is 12.7 Å². The van der Waals surface area contributed by atoms with Gasteiger partial charge in [0, 0.05) is 0 Å². The normalized spacial score (nSPS) is 26.8. The Morgan fingerprint density at radius 2 is 1.54 bits per heavy atom. The first-order valence-corrected chi connectivity index (χ1v) is 18.8. The van der Waals surface area contributed by atoms with Gasteiger partial charge < -0.3 is 0 Å². The first-order chi connectivity index (χ1) is 18.2. The van der Waals surface area contributed by atoms with E-state index >= 15 is 0 Å². The zero-order valence-electron chi connectivity index (χ0n) is 20.2. The number of hydrogen-bond acceptors (Lipinski definition) is 1. The Morgan fingerprint density at radius 1 is 0.784 bits per heavy atom. The van der Waals surface area contributed by atoms with Gasteiger partial charge in [-0.2, -0.15) is 0 Å². The fourth-order valence-corrected chi connectivity index (χ4v) is 29.0. The monoisotopic (exact) mass is 493 g/mol. The van der Waals surface area contributed by atoms with Gasteiger partial charge in [-0.1, -0.05) is 0 Å². The standard InChI is InChI=1S/C24H16B9N2P2/c1-2-8-16(9-3-1)28-20-11-5-7-13-23(20)35-22-12-6-4-10-18(22)19-14-17(15-21(28)24(19)35)36(29-25-30(36)33(29)36)34-37-26-31(37)32(37)27-37/h1-15,34H/q-2. The molecule has 8 aliphatic heterocycles. The molecule has 13 heteroatoms. The summed E-state index contributed by atoms with van der Waals surface area (Å²) in [6.45, 7) is 5.77. The zero-order valence-corrected chi connectivity index (χ0v) is 22.0.